The Kier molecular flexibility index (Phi) is 3.49. The second kappa shape index (κ2) is 4.87. The lowest BCUT2D eigenvalue weighted by Gasteiger charge is -2.15. The molecular weight excluding hydrogens is 200 g/mol. The van der Waals surface area contributed by atoms with Gasteiger partial charge in [0.2, 0.25) is 5.95 Å². The Balaban J connectivity index is 1.95. The molecule has 1 heterocycles. The fraction of sp³-hybridized carbons (Fsp3) is 0.750. The smallest absolute Gasteiger partial charge is 0.203 e. The predicted molar refractivity (Wildman–Crippen MR) is 66.8 cm³/mol. The minimum Gasteiger partial charge on any atom is -0.353 e. The van der Waals surface area contributed by atoms with E-state index in [0.717, 1.165) is 31.3 Å². The average molecular weight is 222 g/mol. The van der Waals surface area contributed by atoms with Gasteiger partial charge in [-0.15, -0.1) is 0 Å². The minimum absolute atomic E-state index is 0.671. The molecule has 0 aliphatic heterocycles. The summed E-state index contributed by atoms with van der Waals surface area (Å²) in [7, 11) is 2.15. The molecule has 0 amide bonds. The van der Waals surface area contributed by atoms with E-state index >= 15 is 0 Å². The second-order valence-corrected chi connectivity index (χ2v) is 4.71. The average Bonchev–Trinajstić information content (AvgIpc) is 2.99. The van der Waals surface area contributed by atoms with Crippen molar-refractivity contribution in [2.24, 2.45) is 0 Å². The standard InChI is InChI=1S/C12H22N4/c1-4-15(3)7-8-16-9-10(2)13-12(16)14-11-5-6-11/h9,11H,4-8H2,1-3H3,(H,13,14). The van der Waals surface area contributed by atoms with Crippen molar-refractivity contribution in [1.82, 2.24) is 14.5 Å². The van der Waals surface area contributed by atoms with Crippen LogP contribution in [0.1, 0.15) is 25.5 Å². The highest BCUT2D eigenvalue weighted by atomic mass is 15.2. The third-order valence-electron chi connectivity index (χ3n) is 3.07. The van der Waals surface area contributed by atoms with Crippen LogP contribution in [0.15, 0.2) is 6.20 Å². The number of hydrogen-bond acceptors (Lipinski definition) is 3. The van der Waals surface area contributed by atoms with Gasteiger partial charge in [-0.2, -0.15) is 0 Å². The maximum atomic E-state index is 4.53. The van der Waals surface area contributed by atoms with E-state index in [0.29, 0.717) is 6.04 Å². The van der Waals surface area contributed by atoms with Crippen LogP contribution in [0.5, 0.6) is 0 Å². The summed E-state index contributed by atoms with van der Waals surface area (Å²) in [6.07, 6.45) is 4.72. The first-order valence-corrected chi connectivity index (χ1v) is 6.18. The minimum atomic E-state index is 0.671. The van der Waals surface area contributed by atoms with E-state index < -0.39 is 0 Å². The van der Waals surface area contributed by atoms with Gasteiger partial charge in [-0.1, -0.05) is 6.92 Å². The van der Waals surface area contributed by atoms with Crippen molar-refractivity contribution in [3.05, 3.63) is 11.9 Å². The lowest BCUT2D eigenvalue weighted by molar-refractivity contribution is 0.336. The van der Waals surface area contributed by atoms with E-state index in [1.807, 2.05) is 0 Å². The molecule has 90 valence electrons. The summed E-state index contributed by atoms with van der Waals surface area (Å²) in [6, 6.07) is 0.671. The van der Waals surface area contributed by atoms with Gasteiger partial charge in [0.25, 0.3) is 0 Å². The van der Waals surface area contributed by atoms with Crippen molar-refractivity contribution in [2.45, 2.75) is 39.3 Å². The highest BCUT2D eigenvalue weighted by Gasteiger charge is 2.22. The zero-order valence-corrected chi connectivity index (χ0v) is 10.5. The lowest BCUT2D eigenvalue weighted by Crippen LogP contribution is -2.23. The zero-order chi connectivity index (χ0) is 11.5. The van der Waals surface area contributed by atoms with E-state index in [2.05, 4.69) is 46.9 Å². The molecule has 1 aliphatic rings. The summed E-state index contributed by atoms with van der Waals surface area (Å²) in [4.78, 5) is 6.84. The van der Waals surface area contributed by atoms with Crippen molar-refractivity contribution in [1.29, 1.82) is 0 Å². The molecule has 0 spiro atoms. The van der Waals surface area contributed by atoms with Gasteiger partial charge in [0.1, 0.15) is 0 Å². The molecule has 2 rings (SSSR count). The van der Waals surface area contributed by atoms with Gasteiger partial charge in [0, 0.05) is 25.3 Å². The molecule has 0 atom stereocenters. The second-order valence-electron chi connectivity index (χ2n) is 4.71. The highest BCUT2D eigenvalue weighted by Crippen LogP contribution is 2.24. The summed E-state index contributed by atoms with van der Waals surface area (Å²) in [5.41, 5.74) is 1.10. The molecule has 0 saturated heterocycles. The van der Waals surface area contributed by atoms with Crippen LogP contribution in [-0.2, 0) is 6.54 Å². The molecule has 1 aromatic heterocycles. The van der Waals surface area contributed by atoms with Crippen molar-refractivity contribution < 1.29 is 0 Å². The van der Waals surface area contributed by atoms with Crippen molar-refractivity contribution in [3.63, 3.8) is 0 Å². The quantitative estimate of drug-likeness (QED) is 0.795. The van der Waals surface area contributed by atoms with Crippen molar-refractivity contribution >= 4 is 5.95 Å². The number of hydrogen-bond donors (Lipinski definition) is 1. The molecule has 4 nitrogen and oxygen atoms in total. The monoisotopic (exact) mass is 222 g/mol. The number of aromatic nitrogens is 2. The van der Waals surface area contributed by atoms with Crippen LogP contribution in [0.25, 0.3) is 0 Å². The molecule has 1 saturated carbocycles. The number of imidazole rings is 1. The number of anilines is 1. The van der Waals surface area contributed by atoms with E-state index in [-0.39, 0.29) is 0 Å². The van der Waals surface area contributed by atoms with Crippen LogP contribution < -0.4 is 5.32 Å². The Morgan fingerprint density at radius 1 is 1.56 bits per heavy atom. The largest absolute Gasteiger partial charge is 0.353 e. The van der Waals surface area contributed by atoms with Crippen LogP contribution in [0.3, 0.4) is 0 Å². The Bertz CT molecular complexity index is 341. The van der Waals surface area contributed by atoms with E-state index in [9.17, 15) is 0 Å². The first-order chi connectivity index (χ1) is 7.69. The van der Waals surface area contributed by atoms with Crippen molar-refractivity contribution in [2.75, 3.05) is 25.5 Å². The normalized spacial score (nSPS) is 15.8. The maximum Gasteiger partial charge on any atom is 0.203 e. The Morgan fingerprint density at radius 2 is 2.31 bits per heavy atom. The van der Waals surface area contributed by atoms with Gasteiger partial charge < -0.3 is 14.8 Å². The lowest BCUT2D eigenvalue weighted by atomic mass is 10.5. The van der Waals surface area contributed by atoms with Crippen LogP contribution in [0.2, 0.25) is 0 Å². The molecule has 0 aromatic carbocycles. The van der Waals surface area contributed by atoms with Crippen LogP contribution >= 0.6 is 0 Å². The molecule has 16 heavy (non-hydrogen) atoms. The number of rotatable bonds is 6. The van der Waals surface area contributed by atoms with E-state index in [1.165, 1.54) is 12.8 Å². The summed E-state index contributed by atoms with van der Waals surface area (Å²) in [6.45, 7) is 7.42. The zero-order valence-electron chi connectivity index (χ0n) is 10.5. The predicted octanol–water partition coefficient (Wildman–Crippen LogP) is 1.72. The summed E-state index contributed by atoms with van der Waals surface area (Å²) >= 11 is 0. The van der Waals surface area contributed by atoms with Gasteiger partial charge in [-0.3, -0.25) is 0 Å². The van der Waals surface area contributed by atoms with Gasteiger partial charge in [-0.25, -0.2) is 4.98 Å². The Morgan fingerprint density at radius 3 is 2.94 bits per heavy atom. The third kappa shape index (κ3) is 2.98. The molecule has 0 unspecified atom stereocenters. The first kappa shape index (κ1) is 11.5. The van der Waals surface area contributed by atoms with Crippen LogP contribution in [0.4, 0.5) is 5.95 Å². The third-order valence-corrected chi connectivity index (χ3v) is 3.07. The maximum absolute atomic E-state index is 4.53. The molecule has 1 N–H and O–H groups in total. The summed E-state index contributed by atoms with van der Waals surface area (Å²) < 4.78 is 2.24. The molecule has 1 fully saturated rings. The molecular formula is C12H22N4. The molecule has 0 bridgehead atoms. The van der Waals surface area contributed by atoms with Crippen LogP contribution in [-0.4, -0.2) is 40.6 Å². The van der Waals surface area contributed by atoms with E-state index in [4.69, 9.17) is 0 Å². The number of likely N-dealkylation sites (N-methyl/N-ethyl adjacent to an activating group) is 1. The summed E-state index contributed by atoms with van der Waals surface area (Å²) in [5.74, 6) is 1.05. The van der Waals surface area contributed by atoms with Crippen molar-refractivity contribution in [3.8, 4) is 0 Å². The summed E-state index contributed by atoms with van der Waals surface area (Å²) in [5, 5.41) is 3.48. The number of aryl methyl sites for hydroxylation is 1. The Labute approximate surface area is 97.7 Å². The molecule has 1 aliphatic carbocycles. The van der Waals surface area contributed by atoms with Gasteiger partial charge >= 0.3 is 0 Å². The van der Waals surface area contributed by atoms with Crippen LogP contribution in [0, 0.1) is 6.92 Å². The first-order valence-electron chi connectivity index (χ1n) is 6.18. The molecule has 4 heteroatoms. The number of nitrogens with one attached hydrogen (secondary N) is 1. The van der Waals surface area contributed by atoms with Gasteiger partial charge in [-0.05, 0) is 33.4 Å². The van der Waals surface area contributed by atoms with Gasteiger partial charge in [0.15, 0.2) is 0 Å². The SMILES string of the molecule is CCN(C)CCn1cc(C)nc1NC1CC1. The van der Waals surface area contributed by atoms with E-state index in [1.54, 1.807) is 0 Å². The fourth-order valence-electron chi connectivity index (χ4n) is 1.68. The number of nitrogens with zero attached hydrogens (tertiary/aromatic N) is 3. The fourth-order valence-corrected chi connectivity index (χ4v) is 1.68. The van der Waals surface area contributed by atoms with Gasteiger partial charge in [0.05, 0.1) is 5.69 Å². The molecule has 0 radical (unpaired) electrons. The molecule has 1 aromatic rings. The Hall–Kier alpha value is -1.03. The topological polar surface area (TPSA) is 33.1 Å². The highest BCUT2D eigenvalue weighted by molar-refractivity contribution is 5.32.